The maximum absolute atomic E-state index is 12.3. The minimum atomic E-state index is -0.264. The molecule has 0 fully saturated rings. The van der Waals surface area contributed by atoms with Crippen LogP contribution in [0.2, 0.25) is 0 Å². The number of nitrogens with zero attached hydrogens (tertiary/aromatic N) is 1. The molecule has 2 aromatic heterocycles. The molecule has 0 unspecified atom stereocenters. The van der Waals surface area contributed by atoms with Crippen LogP contribution >= 0.6 is 0 Å². The highest BCUT2D eigenvalue weighted by atomic mass is 16.5. The minimum Gasteiger partial charge on any atom is -0.487 e. The Bertz CT molecular complexity index is 1290. The summed E-state index contributed by atoms with van der Waals surface area (Å²) in [6, 6.07) is 20.9. The average Bonchev–Trinajstić information content (AvgIpc) is 3.29. The van der Waals surface area contributed by atoms with Gasteiger partial charge in [0.15, 0.2) is 11.6 Å². The summed E-state index contributed by atoms with van der Waals surface area (Å²) in [6.45, 7) is 0.331. The molecule has 4 rings (SSSR count). The zero-order valence-electron chi connectivity index (χ0n) is 17.4. The van der Waals surface area contributed by atoms with E-state index in [4.69, 9.17) is 4.74 Å². The van der Waals surface area contributed by atoms with E-state index in [0.29, 0.717) is 12.4 Å². The lowest BCUT2D eigenvalue weighted by Crippen LogP contribution is -2.02. The number of carbonyl (C=O) groups is 2. The molecule has 0 aliphatic rings. The number of pyridine rings is 1. The summed E-state index contributed by atoms with van der Waals surface area (Å²) < 4.78 is 5.84. The van der Waals surface area contributed by atoms with E-state index < -0.39 is 0 Å². The Morgan fingerprint density at radius 2 is 1.72 bits per heavy atom. The molecule has 0 saturated heterocycles. The number of hydrogen-bond acceptors (Lipinski definition) is 4. The number of rotatable bonds is 9. The number of ketones is 2. The summed E-state index contributed by atoms with van der Waals surface area (Å²) in [6.07, 6.45) is 9.67. The Hall–Kier alpha value is -4.25. The number of para-hydroxylation sites is 1. The molecule has 32 heavy (non-hydrogen) atoms. The van der Waals surface area contributed by atoms with Crippen LogP contribution in [-0.4, -0.2) is 21.5 Å². The molecular weight excluding hydrogens is 400 g/mol. The van der Waals surface area contributed by atoms with Crippen LogP contribution in [0.3, 0.4) is 0 Å². The number of hydrogen-bond donors (Lipinski definition) is 1. The third kappa shape index (κ3) is 5.67. The van der Waals surface area contributed by atoms with Gasteiger partial charge in [0.05, 0.1) is 12.1 Å². The second-order valence-corrected chi connectivity index (χ2v) is 7.25. The fraction of sp³-hybridized carbons (Fsp3) is 0.0741. The lowest BCUT2D eigenvalue weighted by Gasteiger charge is -2.08. The van der Waals surface area contributed by atoms with Gasteiger partial charge in [-0.1, -0.05) is 36.4 Å². The quantitative estimate of drug-likeness (QED) is 0.290. The van der Waals surface area contributed by atoms with Crippen LogP contribution in [0.5, 0.6) is 5.75 Å². The Morgan fingerprint density at radius 1 is 0.906 bits per heavy atom. The summed E-state index contributed by atoms with van der Waals surface area (Å²) in [4.78, 5) is 31.8. The van der Waals surface area contributed by atoms with Gasteiger partial charge in [-0.05, 0) is 65.6 Å². The lowest BCUT2D eigenvalue weighted by atomic mass is 10.1. The molecule has 0 bridgehead atoms. The first kappa shape index (κ1) is 21.0. The summed E-state index contributed by atoms with van der Waals surface area (Å²) in [5, 5.41) is 1.07. The Morgan fingerprint density at radius 3 is 2.56 bits per heavy atom. The van der Waals surface area contributed by atoms with Crippen molar-refractivity contribution in [3.63, 3.8) is 0 Å². The third-order valence-corrected chi connectivity index (χ3v) is 4.86. The number of carbonyl (C=O) groups excluding carboxylic acids is 2. The second-order valence-electron chi connectivity index (χ2n) is 7.25. The number of benzene rings is 2. The molecule has 0 atom stereocenters. The van der Waals surface area contributed by atoms with Gasteiger partial charge in [0, 0.05) is 23.5 Å². The maximum Gasteiger partial charge on any atom is 0.163 e. The van der Waals surface area contributed by atoms with Gasteiger partial charge in [-0.25, -0.2) is 0 Å². The second kappa shape index (κ2) is 10.2. The molecule has 1 N–H and O–H groups in total. The first-order chi connectivity index (χ1) is 15.7. The van der Waals surface area contributed by atoms with Crippen molar-refractivity contribution in [2.75, 3.05) is 0 Å². The van der Waals surface area contributed by atoms with Gasteiger partial charge in [0.1, 0.15) is 12.4 Å². The van der Waals surface area contributed by atoms with Crippen LogP contribution < -0.4 is 4.74 Å². The predicted octanol–water partition coefficient (Wildman–Crippen LogP) is 5.40. The Kier molecular flexibility index (Phi) is 6.68. The molecule has 0 amide bonds. The van der Waals surface area contributed by atoms with Crippen LogP contribution in [0, 0.1) is 0 Å². The van der Waals surface area contributed by atoms with Crippen molar-refractivity contribution in [3.8, 4) is 5.75 Å². The summed E-state index contributed by atoms with van der Waals surface area (Å²) in [5.41, 5.74) is 3.53. The number of nitrogens with one attached hydrogen (secondary N) is 1. The molecule has 5 heteroatoms. The highest BCUT2D eigenvalue weighted by Gasteiger charge is 2.06. The van der Waals surface area contributed by atoms with Crippen molar-refractivity contribution >= 4 is 34.6 Å². The molecule has 2 aromatic carbocycles. The SMILES string of the molecule is O=C(C=Cc1ccc2[nH]ccc2c1)CC(=O)C=Cc1ccccc1OCc1ccccn1. The summed E-state index contributed by atoms with van der Waals surface area (Å²) in [5.74, 6) is 0.141. The van der Waals surface area contributed by atoms with Gasteiger partial charge in [-0.2, -0.15) is 0 Å². The maximum atomic E-state index is 12.3. The van der Waals surface area contributed by atoms with Gasteiger partial charge in [-0.3, -0.25) is 14.6 Å². The van der Waals surface area contributed by atoms with Gasteiger partial charge in [-0.15, -0.1) is 0 Å². The fourth-order valence-electron chi connectivity index (χ4n) is 3.22. The van der Waals surface area contributed by atoms with Crippen molar-refractivity contribution in [1.82, 2.24) is 9.97 Å². The summed E-state index contributed by atoms with van der Waals surface area (Å²) >= 11 is 0. The number of allylic oxidation sites excluding steroid dienone is 2. The molecule has 0 aliphatic carbocycles. The highest BCUT2D eigenvalue weighted by molar-refractivity contribution is 6.11. The molecule has 4 aromatic rings. The van der Waals surface area contributed by atoms with E-state index in [1.807, 2.05) is 72.9 Å². The van der Waals surface area contributed by atoms with Crippen LogP contribution in [0.4, 0.5) is 0 Å². The summed E-state index contributed by atoms with van der Waals surface area (Å²) in [7, 11) is 0. The zero-order valence-corrected chi connectivity index (χ0v) is 17.4. The smallest absolute Gasteiger partial charge is 0.163 e. The lowest BCUT2D eigenvalue weighted by molar-refractivity contribution is -0.121. The predicted molar refractivity (Wildman–Crippen MR) is 126 cm³/mol. The largest absolute Gasteiger partial charge is 0.487 e. The average molecular weight is 422 g/mol. The number of aromatic amines is 1. The van der Waals surface area contributed by atoms with Crippen LogP contribution in [0.1, 0.15) is 23.2 Å². The van der Waals surface area contributed by atoms with E-state index in [1.54, 1.807) is 18.3 Å². The molecular formula is C27H22N2O3. The van der Waals surface area contributed by atoms with Crippen molar-refractivity contribution in [1.29, 1.82) is 0 Å². The molecule has 158 valence electrons. The van der Waals surface area contributed by atoms with Crippen LogP contribution in [0.15, 0.2) is 91.3 Å². The van der Waals surface area contributed by atoms with Gasteiger partial charge in [0.2, 0.25) is 0 Å². The fourth-order valence-corrected chi connectivity index (χ4v) is 3.22. The van der Waals surface area contributed by atoms with Gasteiger partial charge in [0.25, 0.3) is 0 Å². The third-order valence-electron chi connectivity index (χ3n) is 4.86. The first-order valence-electron chi connectivity index (χ1n) is 10.3. The van der Waals surface area contributed by atoms with Crippen LogP contribution in [0.25, 0.3) is 23.1 Å². The van der Waals surface area contributed by atoms with Crippen molar-refractivity contribution < 1.29 is 14.3 Å². The number of aromatic nitrogens is 2. The Labute approximate surface area is 186 Å². The molecule has 2 heterocycles. The number of H-pyrrole nitrogens is 1. The standard InChI is InChI=1S/C27H22N2O3/c30-24(11-8-20-9-13-26-22(17-20)14-16-29-26)18-25(31)12-10-21-5-1-2-7-27(21)32-19-23-6-3-4-15-28-23/h1-17,29H,18-19H2. The van der Waals surface area contributed by atoms with E-state index in [0.717, 1.165) is 27.7 Å². The molecule has 0 saturated carbocycles. The van der Waals surface area contributed by atoms with E-state index >= 15 is 0 Å². The normalized spacial score (nSPS) is 11.4. The topological polar surface area (TPSA) is 72.0 Å². The van der Waals surface area contributed by atoms with Gasteiger partial charge >= 0.3 is 0 Å². The highest BCUT2D eigenvalue weighted by Crippen LogP contribution is 2.21. The van der Waals surface area contributed by atoms with Crippen molar-refractivity contribution in [2.45, 2.75) is 13.0 Å². The molecule has 5 nitrogen and oxygen atoms in total. The van der Waals surface area contributed by atoms with E-state index in [9.17, 15) is 9.59 Å². The van der Waals surface area contributed by atoms with E-state index in [2.05, 4.69) is 9.97 Å². The van der Waals surface area contributed by atoms with Crippen molar-refractivity contribution in [2.24, 2.45) is 0 Å². The Balaban J connectivity index is 1.34. The first-order valence-corrected chi connectivity index (χ1v) is 10.3. The number of ether oxygens (including phenoxy) is 1. The van der Waals surface area contributed by atoms with Gasteiger partial charge < -0.3 is 9.72 Å². The van der Waals surface area contributed by atoms with Crippen LogP contribution in [-0.2, 0) is 16.2 Å². The molecule has 0 aliphatic heterocycles. The monoisotopic (exact) mass is 422 g/mol. The molecule has 0 radical (unpaired) electrons. The zero-order chi connectivity index (χ0) is 22.2. The molecule has 0 spiro atoms. The van der Waals surface area contributed by atoms with E-state index in [-0.39, 0.29) is 18.0 Å². The number of fused-ring (bicyclic) bond motifs is 1. The van der Waals surface area contributed by atoms with Crippen molar-refractivity contribution in [3.05, 3.63) is 108 Å². The van der Waals surface area contributed by atoms with E-state index in [1.165, 1.54) is 12.2 Å². The minimum absolute atomic E-state index is 0.184.